The fourth-order valence-electron chi connectivity index (χ4n) is 4.94. The molecule has 34 heavy (non-hydrogen) atoms. The van der Waals surface area contributed by atoms with E-state index in [1.807, 2.05) is 0 Å². The van der Waals surface area contributed by atoms with Crippen LogP contribution >= 0.6 is 11.6 Å². The number of benzene rings is 1. The number of hydrogen-bond donors (Lipinski definition) is 1. The third-order valence-electron chi connectivity index (χ3n) is 6.37. The molecule has 1 aliphatic heterocycles. The first kappa shape index (κ1) is 23.0. The number of carbonyl (C=O) groups is 2. The Kier molecular flexibility index (Phi) is 5.51. The molecule has 8 nitrogen and oxygen atoms in total. The zero-order valence-corrected chi connectivity index (χ0v) is 18.6. The molecule has 1 aromatic carbocycles. The third kappa shape index (κ3) is 4.34. The summed E-state index contributed by atoms with van der Waals surface area (Å²) in [5.74, 6) is 0.269. The molecule has 0 saturated heterocycles. The summed E-state index contributed by atoms with van der Waals surface area (Å²) in [5, 5.41) is 7.77. The number of ether oxygens (including phenoxy) is 3. The second-order valence-electron chi connectivity index (χ2n) is 9.04. The maximum atomic E-state index is 12.8. The number of ketones is 1. The molecule has 6 rings (SSSR count). The first-order valence-corrected chi connectivity index (χ1v) is 11.1. The highest BCUT2D eigenvalue weighted by molar-refractivity contribution is 6.31. The lowest BCUT2D eigenvalue weighted by molar-refractivity contribution is -0.175. The number of halogens is 4. The van der Waals surface area contributed by atoms with Gasteiger partial charge in [-0.2, -0.15) is 18.3 Å². The van der Waals surface area contributed by atoms with E-state index in [1.54, 1.807) is 23.0 Å². The molecule has 1 aromatic heterocycles. The van der Waals surface area contributed by atoms with Gasteiger partial charge in [0, 0.05) is 10.6 Å². The normalized spacial score (nSPS) is 27.2. The van der Waals surface area contributed by atoms with Gasteiger partial charge in [-0.15, -0.1) is 0 Å². The number of carbonyl (C=O) groups excluding carboxylic acids is 2. The topological polar surface area (TPSA) is 91.7 Å². The Morgan fingerprint density at radius 3 is 2.79 bits per heavy atom. The first-order valence-electron chi connectivity index (χ1n) is 10.7. The second kappa shape index (κ2) is 8.16. The lowest BCUT2D eigenvalue weighted by Gasteiger charge is -2.70. The highest BCUT2D eigenvalue weighted by atomic mass is 35.5. The molecular formula is C22H21ClF3N3O5. The molecule has 1 amide bonds. The van der Waals surface area contributed by atoms with Crippen LogP contribution in [-0.4, -0.2) is 59.1 Å². The van der Waals surface area contributed by atoms with Gasteiger partial charge < -0.3 is 19.5 Å². The molecule has 1 atom stereocenters. The van der Waals surface area contributed by atoms with Gasteiger partial charge in [-0.25, -0.2) is 0 Å². The maximum absolute atomic E-state index is 12.8. The number of fused-ring (bicyclic) bond motifs is 1. The van der Waals surface area contributed by atoms with Gasteiger partial charge in [0.25, 0.3) is 5.91 Å². The molecule has 2 bridgehead atoms. The average Bonchev–Trinajstić information content (AvgIpc) is 3.17. The number of alkyl halides is 3. The van der Waals surface area contributed by atoms with Gasteiger partial charge in [-0.05, 0) is 37.5 Å². The molecular weight excluding hydrogens is 479 g/mol. The summed E-state index contributed by atoms with van der Waals surface area (Å²) in [4.78, 5) is 25.2. The summed E-state index contributed by atoms with van der Waals surface area (Å²) in [6.45, 7) is -1.52. The minimum absolute atomic E-state index is 0.0236. The monoisotopic (exact) mass is 499 g/mol. The van der Waals surface area contributed by atoms with Crippen molar-refractivity contribution in [3.8, 4) is 11.5 Å². The summed E-state index contributed by atoms with van der Waals surface area (Å²) in [6, 6.07) is 4.73. The molecule has 2 heterocycles. The lowest BCUT2D eigenvalue weighted by atomic mass is 9.44. The standard InChI is InChI=1S/C22H21ClF3N3O5/c23-13-1-2-17-15(5-13)16(30)6-18(34-17)19(31)28-20-9-21(10-20,11-20)29-8-14(7-27-29)33-4-3-32-12-22(24,25)26/h1-2,5,7-8,18H,3-4,6,9-12H2,(H,28,31)/t18-,20?,21?/m1/s1. The smallest absolute Gasteiger partial charge is 0.411 e. The van der Waals surface area contributed by atoms with Gasteiger partial charge >= 0.3 is 6.18 Å². The zero-order chi connectivity index (χ0) is 24.1. The number of amides is 1. The van der Waals surface area contributed by atoms with E-state index >= 15 is 0 Å². The van der Waals surface area contributed by atoms with Gasteiger partial charge in [-0.3, -0.25) is 14.3 Å². The van der Waals surface area contributed by atoms with E-state index in [-0.39, 0.29) is 42.4 Å². The van der Waals surface area contributed by atoms with Crippen molar-refractivity contribution in [1.29, 1.82) is 0 Å². The van der Waals surface area contributed by atoms with E-state index in [0.717, 1.165) is 0 Å². The number of nitrogens with one attached hydrogen (secondary N) is 1. The van der Waals surface area contributed by atoms with Crippen LogP contribution in [0.15, 0.2) is 30.6 Å². The fraction of sp³-hybridized carbons (Fsp3) is 0.500. The summed E-state index contributed by atoms with van der Waals surface area (Å²) < 4.78 is 53.6. The van der Waals surface area contributed by atoms with Crippen molar-refractivity contribution in [2.24, 2.45) is 0 Å². The fourth-order valence-corrected chi connectivity index (χ4v) is 5.11. The Balaban J connectivity index is 1.10. The molecule has 12 heteroatoms. The van der Waals surface area contributed by atoms with Crippen LogP contribution in [0.1, 0.15) is 36.0 Å². The summed E-state index contributed by atoms with van der Waals surface area (Å²) in [6.07, 6.45) is -0.0853. The molecule has 0 spiro atoms. The van der Waals surface area contributed by atoms with E-state index < -0.39 is 18.9 Å². The second-order valence-corrected chi connectivity index (χ2v) is 9.47. The highest BCUT2D eigenvalue weighted by Crippen LogP contribution is 2.65. The van der Waals surface area contributed by atoms with Crippen LogP contribution in [0.5, 0.6) is 11.5 Å². The molecule has 1 N–H and O–H groups in total. The van der Waals surface area contributed by atoms with Crippen molar-refractivity contribution in [3.05, 3.63) is 41.2 Å². The van der Waals surface area contributed by atoms with Crippen molar-refractivity contribution in [2.75, 3.05) is 19.8 Å². The summed E-state index contributed by atoms with van der Waals surface area (Å²) >= 11 is 5.93. The van der Waals surface area contributed by atoms with Crippen molar-refractivity contribution in [2.45, 2.75) is 49.0 Å². The van der Waals surface area contributed by atoms with Crippen molar-refractivity contribution >= 4 is 23.3 Å². The molecule has 3 saturated carbocycles. The van der Waals surface area contributed by atoms with Gasteiger partial charge in [0.2, 0.25) is 0 Å². The minimum Gasteiger partial charge on any atom is -0.488 e. The number of aromatic nitrogens is 2. The molecule has 4 aliphatic rings. The average molecular weight is 500 g/mol. The number of hydrogen-bond acceptors (Lipinski definition) is 6. The van der Waals surface area contributed by atoms with E-state index in [1.165, 1.54) is 12.3 Å². The van der Waals surface area contributed by atoms with Gasteiger partial charge in [-0.1, -0.05) is 11.6 Å². The summed E-state index contributed by atoms with van der Waals surface area (Å²) in [7, 11) is 0. The van der Waals surface area contributed by atoms with Crippen LogP contribution in [0, 0.1) is 0 Å². The first-order chi connectivity index (χ1) is 16.1. The molecule has 3 fully saturated rings. The van der Waals surface area contributed by atoms with Crippen molar-refractivity contribution in [1.82, 2.24) is 15.1 Å². The van der Waals surface area contributed by atoms with E-state index in [9.17, 15) is 22.8 Å². The Bertz CT molecular complexity index is 1120. The van der Waals surface area contributed by atoms with E-state index in [0.29, 0.717) is 41.3 Å². The quantitative estimate of drug-likeness (QED) is 0.561. The Hall–Kier alpha value is -2.79. The molecule has 3 aliphatic carbocycles. The van der Waals surface area contributed by atoms with Gasteiger partial charge in [0.1, 0.15) is 19.0 Å². The molecule has 0 unspecified atom stereocenters. The number of rotatable bonds is 8. The lowest BCUT2D eigenvalue weighted by Crippen LogP contribution is -2.79. The Morgan fingerprint density at radius 2 is 2.06 bits per heavy atom. The van der Waals surface area contributed by atoms with Crippen LogP contribution in [-0.2, 0) is 15.1 Å². The van der Waals surface area contributed by atoms with Gasteiger partial charge in [0.15, 0.2) is 17.6 Å². The Morgan fingerprint density at radius 1 is 1.29 bits per heavy atom. The van der Waals surface area contributed by atoms with Gasteiger partial charge in [0.05, 0.1) is 36.5 Å². The van der Waals surface area contributed by atoms with Crippen LogP contribution in [0.4, 0.5) is 13.2 Å². The molecule has 2 aromatic rings. The van der Waals surface area contributed by atoms with Crippen LogP contribution < -0.4 is 14.8 Å². The SMILES string of the molecule is O=C1C[C@H](C(=O)NC23CC(n4cc(OCCOCC(F)(F)F)cn4)(C2)C3)Oc2ccc(Cl)cc21. The summed E-state index contributed by atoms with van der Waals surface area (Å²) in [5.41, 5.74) is -0.208. The van der Waals surface area contributed by atoms with E-state index in [4.69, 9.17) is 21.1 Å². The molecule has 0 radical (unpaired) electrons. The molecule has 182 valence electrons. The van der Waals surface area contributed by atoms with Crippen molar-refractivity contribution in [3.63, 3.8) is 0 Å². The zero-order valence-electron chi connectivity index (χ0n) is 17.9. The minimum atomic E-state index is -4.36. The number of Topliss-reactive ketones (excluding diaryl/α,β-unsaturated/α-hetero) is 1. The van der Waals surface area contributed by atoms with Crippen LogP contribution in [0.2, 0.25) is 5.02 Å². The van der Waals surface area contributed by atoms with Crippen LogP contribution in [0.3, 0.4) is 0 Å². The maximum Gasteiger partial charge on any atom is 0.411 e. The van der Waals surface area contributed by atoms with Crippen LogP contribution in [0.25, 0.3) is 0 Å². The highest BCUT2D eigenvalue weighted by Gasteiger charge is 2.70. The third-order valence-corrected chi connectivity index (χ3v) is 6.61. The largest absolute Gasteiger partial charge is 0.488 e. The van der Waals surface area contributed by atoms with E-state index in [2.05, 4.69) is 15.2 Å². The number of nitrogens with zero attached hydrogens (tertiary/aromatic N) is 2. The predicted octanol–water partition coefficient (Wildman–Crippen LogP) is 3.28. The van der Waals surface area contributed by atoms with Crippen molar-refractivity contribution < 1.29 is 37.0 Å². The Labute approximate surface area is 197 Å². The predicted molar refractivity (Wildman–Crippen MR) is 112 cm³/mol.